The van der Waals surface area contributed by atoms with Gasteiger partial charge in [-0.15, -0.1) is 0 Å². The van der Waals surface area contributed by atoms with Crippen molar-refractivity contribution in [3.05, 3.63) is 35.9 Å². The van der Waals surface area contributed by atoms with Gasteiger partial charge in [0.2, 0.25) is 0 Å². The lowest BCUT2D eigenvalue weighted by Gasteiger charge is -2.31. The molecule has 0 fully saturated rings. The van der Waals surface area contributed by atoms with Crippen molar-refractivity contribution in [1.82, 2.24) is 4.90 Å². The molecule has 0 N–H and O–H groups in total. The summed E-state index contributed by atoms with van der Waals surface area (Å²) in [7, 11) is 1.11. The third-order valence-corrected chi connectivity index (χ3v) is 6.35. The fourth-order valence-electron chi connectivity index (χ4n) is 2.52. The Balaban J connectivity index is 3.18. The van der Waals surface area contributed by atoms with Crippen LogP contribution < -0.4 is 0 Å². The standard InChI is InChI=1S/C16H25NO4S/c1-16(2,12-17(3)4)22(19,20)14(15(18)21-5)11-13-9-7-6-8-10-13/h6-10,14H,11-12H2,1-5H3. The highest BCUT2D eigenvalue weighted by atomic mass is 32.2. The van der Waals surface area contributed by atoms with Crippen molar-refractivity contribution in [3.8, 4) is 0 Å². The number of esters is 1. The fourth-order valence-corrected chi connectivity index (χ4v) is 4.49. The van der Waals surface area contributed by atoms with Crippen LogP contribution in [-0.2, 0) is 25.8 Å². The van der Waals surface area contributed by atoms with E-state index in [9.17, 15) is 13.2 Å². The number of rotatable bonds is 7. The smallest absolute Gasteiger partial charge is 0.324 e. The van der Waals surface area contributed by atoms with E-state index in [4.69, 9.17) is 4.74 Å². The average molecular weight is 327 g/mol. The largest absolute Gasteiger partial charge is 0.468 e. The average Bonchev–Trinajstić information content (AvgIpc) is 2.43. The summed E-state index contributed by atoms with van der Waals surface area (Å²) < 4.78 is 29.6. The summed E-state index contributed by atoms with van der Waals surface area (Å²) in [4.78, 5) is 13.9. The van der Waals surface area contributed by atoms with Gasteiger partial charge >= 0.3 is 5.97 Å². The molecule has 0 aliphatic carbocycles. The molecule has 124 valence electrons. The molecule has 0 saturated heterocycles. The maximum atomic E-state index is 13.0. The summed E-state index contributed by atoms with van der Waals surface area (Å²) in [6.45, 7) is 3.62. The van der Waals surface area contributed by atoms with Gasteiger partial charge in [-0.3, -0.25) is 4.79 Å². The maximum absolute atomic E-state index is 13.0. The number of ether oxygens (including phenoxy) is 1. The Bertz CT molecular complexity index is 594. The van der Waals surface area contributed by atoms with E-state index in [1.807, 2.05) is 44.4 Å². The minimum Gasteiger partial charge on any atom is -0.468 e. The predicted molar refractivity (Wildman–Crippen MR) is 87.5 cm³/mol. The molecular formula is C16H25NO4S. The number of methoxy groups -OCH3 is 1. The fraction of sp³-hybridized carbons (Fsp3) is 0.562. The molecular weight excluding hydrogens is 302 g/mol. The Morgan fingerprint density at radius 3 is 2.23 bits per heavy atom. The molecule has 0 radical (unpaired) electrons. The minimum absolute atomic E-state index is 0.118. The van der Waals surface area contributed by atoms with E-state index in [0.29, 0.717) is 6.54 Å². The third kappa shape index (κ3) is 4.30. The number of hydrogen-bond donors (Lipinski definition) is 0. The zero-order chi connectivity index (χ0) is 17.0. The van der Waals surface area contributed by atoms with Crippen LogP contribution in [-0.4, -0.2) is 57.0 Å². The van der Waals surface area contributed by atoms with E-state index in [-0.39, 0.29) is 6.42 Å². The first-order chi connectivity index (χ1) is 10.1. The molecule has 1 aromatic rings. The highest BCUT2D eigenvalue weighted by Crippen LogP contribution is 2.25. The van der Waals surface area contributed by atoms with Crippen LogP contribution >= 0.6 is 0 Å². The van der Waals surface area contributed by atoms with Crippen molar-refractivity contribution < 1.29 is 17.9 Å². The third-order valence-electron chi connectivity index (χ3n) is 3.57. The molecule has 22 heavy (non-hydrogen) atoms. The van der Waals surface area contributed by atoms with E-state index < -0.39 is 25.8 Å². The van der Waals surface area contributed by atoms with E-state index >= 15 is 0 Å². The Hall–Kier alpha value is -1.40. The highest BCUT2D eigenvalue weighted by molar-refractivity contribution is 7.94. The topological polar surface area (TPSA) is 63.7 Å². The normalized spacial score (nSPS) is 13.9. The van der Waals surface area contributed by atoms with Crippen LogP contribution in [0.4, 0.5) is 0 Å². The lowest BCUT2D eigenvalue weighted by molar-refractivity contribution is -0.140. The number of hydrogen-bond acceptors (Lipinski definition) is 5. The summed E-state index contributed by atoms with van der Waals surface area (Å²) >= 11 is 0. The lowest BCUT2D eigenvalue weighted by atomic mass is 10.1. The van der Waals surface area contributed by atoms with Crippen molar-refractivity contribution >= 4 is 15.8 Å². The first-order valence-corrected chi connectivity index (χ1v) is 8.66. The first kappa shape index (κ1) is 18.6. The molecule has 0 aromatic heterocycles. The van der Waals surface area contributed by atoms with Crippen molar-refractivity contribution in [2.24, 2.45) is 0 Å². The summed E-state index contributed by atoms with van der Waals surface area (Å²) in [5, 5.41) is -1.20. The zero-order valence-electron chi connectivity index (χ0n) is 13.9. The molecule has 0 saturated carbocycles. The summed E-state index contributed by atoms with van der Waals surface area (Å²) in [6.07, 6.45) is 0.118. The molecule has 1 rings (SSSR count). The summed E-state index contributed by atoms with van der Waals surface area (Å²) in [5.74, 6) is -0.712. The van der Waals surface area contributed by atoms with Gasteiger partial charge in [-0.2, -0.15) is 0 Å². The molecule has 1 unspecified atom stereocenters. The van der Waals surface area contributed by atoms with Crippen LogP contribution in [0, 0.1) is 0 Å². The molecule has 0 spiro atoms. The molecule has 0 heterocycles. The quantitative estimate of drug-likeness (QED) is 0.711. The Kier molecular flexibility index (Phi) is 6.14. The Morgan fingerprint density at radius 2 is 1.77 bits per heavy atom. The summed E-state index contributed by atoms with van der Waals surface area (Å²) in [6, 6.07) is 9.11. The van der Waals surface area contributed by atoms with Crippen LogP contribution in [0.3, 0.4) is 0 Å². The van der Waals surface area contributed by atoms with Gasteiger partial charge in [-0.05, 0) is 39.9 Å². The van der Waals surface area contributed by atoms with Crippen LogP contribution in [0.5, 0.6) is 0 Å². The Morgan fingerprint density at radius 1 is 1.23 bits per heavy atom. The molecule has 0 aliphatic rings. The van der Waals surface area contributed by atoms with Gasteiger partial charge in [-0.25, -0.2) is 8.42 Å². The molecule has 6 heteroatoms. The number of carbonyl (C=O) groups excluding carboxylic acids is 1. The predicted octanol–water partition coefficient (Wildman–Crippen LogP) is 1.53. The molecule has 0 amide bonds. The van der Waals surface area contributed by atoms with Crippen LogP contribution in [0.15, 0.2) is 30.3 Å². The van der Waals surface area contributed by atoms with Crippen molar-refractivity contribution in [1.29, 1.82) is 0 Å². The van der Waals surface area contributed by atoms with Crippen LogP contribution in [0.1, 0.15) is 19.4 Å². The lowest BCUT2D eigenvalue weighted by Crippen LogP contribution is -2.50. The number of sulfone groups is 1. The van der Waals surface area contributed by atoms with Crippen LogP contribution in [0.2, 0.25) is 0 Å². The molecule has 1 aromatic carbocycles. The number of benzene rings is 1. The second-order valence-electron chi connectivity index (χ2n) is 6.24. The molecule has 0 bridgehead atoms. The van der Waals surface area contributed by atoms with Gasteiger partial charge in [0.1, 0.15) is 0 Å². The SMILES string of the molecule is COC(=O)C(Cc1ccccc1)S(=O)(=O)C(C)(C)CN(C)C. The van der Waals surface area contributed by atoms with Gasteiger partial charge in [0.15, 0.2) is 15.1 Å². The Labute approximate surface area is 133 Å². The van der Waals surface area contributed by atoms with Gasteiger partial charge in [-0.1, -0.05) is 30.3 Å². The van der Waals surface area contributed by atoms with E-state index in [1.165, 1.54) is 7.11 Å². The highest BCUT2D eigenvalue weighted by Gasteiger charge is 2.45. The monoisotopic (exact) mass is 327 g/mol. The van der Waals surface area contributed by atoms with Gasteiger partial charge in [0.25, 0.3) is 0 Å². The molecule has 5 nitrogen and oxygen atoms in total. The van der Waals surface area contributed by atoms with E-state index in [0.717, 1.165) is 5.56 Å². The van der Waals surface area contributed by atoms with E-state index in [2.05, 4.69) is 0 Å². The maximum Gasteiger partial charge on any atom is 0.324 e. The molecule has 1 atom stereocenters. The number of carbonyl (C=O) groups is 1. The van der Waals surface area contributed by atoms with Gasteiger partial charge < -0.3 is 9.64 Å². The first-order valence-electron chi connectivity index (χ1n) is 7.12. The summed E-state index contributed by atoms with van der Waals surface area (Å²) in [5.41, 5.74) is 0.794. The van der Waals surface area contributed by atoms with E-state index in [1.54, 1.807) is 18.7 Å². The molecule has 0 aliphatic heterocycles. The second kappa shape index (κ2) is 7.24. The second-order valence-corrected chi connectivity index (χ2v) is 9.01. The zero-order valence-corrected chi connectivity index (χ0v) is 14.7. The number of nitrogens with zero attached hydrogens (tertiary/aromatic N) is 1. The minimum atomic E-state index is -3.72. The van der Waals surface area contributed by atoms with Crippen molar-refractivity contribution in [3.63, 3.8) is 0 Å². The van der Waals surface area contributed by atoms with Crippen molar-refractivity contribution in [2.45, 2.75) is 30.3 Å². The van der Waals surface area contributed by atoms with Crippen molar-refractivity contribution in [2.75, 3.05) is 27.7 Å². The van der Waals surface area contributed by atoms with Crippen LogP contribution in [0.25, 0.3) is 0 Å². The van der Waals surface area contributed by atoms with Gasteiger partial charge in [0, 0.05) is 6.54 Å². The van der Waals surface area contributed by atoms with Gasteiger partial charge in [0.05, 0.1) is 11.9 Å².